The number of rotatable bonds is 5. The maximum absolute atomic E-state index is 11.7. The number of carbonyl (C=O) groups is 2. The number of carbonyl (C=O) groups excluding carboxylic acids is 2. The van der Waals surface area contributed by atoms with Crippen LogP contribution in [-0.4, -0.2) is 24.0 Å². The molecule has 1 atom stereocenters. The SMILES string of the molecule is Cc1occc1C(=O)OCC(=O)N[C@](C)(C#N)C1CC1. The van der Waals surface area contributed by atoms with Gasteiger partial charge in [0.15, 0.2) is 6.61 Å². The minimum Gasteiger partial charge on any atom is -0.469 e. The summed E-state index contributed by atoms with van der Waals surface area (Å²) in [5.41, 5.74) is -0.585. The van der Waals surface area contributed by atoms with Gasteiger partial charge in [0.05, 0.1) is 12.3 Å². The fourth-order valence-electron chi connectivity index (χ4n) is 2.01. The molecule has 106 valence electrons. The van der Waals surface area contributed by atoms with Gasteiger partial charge in [-0.1, -0.05) is 0 Å². The molecule has 1 aromatic heterocycles. The first-order valence-electron chi connectivity index (χ1n) is 6.40. The highest BCUT2D eigenvalue weighted by atomic mass is 16.5. The quantitative estimate of drug-likeness (QED) is 0.824. The van der Waals surface area contributed by atoms with Crippen LogP contribution in [-0.2, 0) is 9.53 Å². The third kappa shape index (κ3) is 2.99. The molecule has 1 fully saturated rings. The molecular formula is C14H16N2O4. The Hall–Kier alpha value is -2.29. The molecule has 0 radical (unpaired) electrons. The minimum atomic E-state index is -0.880. The van der Waals surface area contributed by atoms with Gasteiger partial charge in [-0.15, -0.1) is 0 Å². The lowest BCUT2D eigenvalue weighted by molar-refractivity contribution is -0.125. The van der Waals surface area contributed by atoms with Crippen molar-refractivity contribution < 1.29 is 18.7 Å². The summed E-state index contributed by atoms with van der Waals surface area (Å²) in [5, 5.41) is 11.7. The van der Waals surface area contributed by atoms with E-state index in [4.69, 9.17) is 14.4 Å². The third-order valence-corrected chi connectivity index (χ3v) is 3.44. The highest BCUT2D eigenvalue weighted by Gasteiger charge is 2.43. The van der Waals surface area contributed by atoms with E-state index < -0.39 is 24.0 Å². The molecular weight excluding hydrogens is 260 g/mol. The monoisotopic (exact) mass is 276 g/mol. The summed E-state index contributed by atoms with van der Waals surface area (Å²) in [5.74, 6) is -0.467. The predicted octanol–water partition coefficient (Wildman–Crippen LogP) is 1.55. The van der Waals surface area contributed by atoms with Crippen molar-refractivity contribution in [2.24, 2.45) is 5.92 Å². The molecule has 2 rings (SSSR count). The van der Waals surface area contributed by atoms with Crippen LogP contribution in [0.3, 0.4) is 0 Å². The molecule has 0 spiro atoms. The zero-order valence-corrected chi connectivity index (χ0v) is 11.4. The molecule has 0 saturated heterocycles. The highest BCUT2D eigenvalue weighted by molar-refractivity contribution is 5.92. The number of nitriles is 1. The first-order valence-corrected chi connectivity index (χ1v) is 6.40. The zero-order chi connectivity index (χ0) is 14.8. The van der Waals surface area contributed by atoms with Crippen molar-refractivity contribution in [2.45, 2.75) is 32.2 Å². The molecule has 6 heteroatoms. The van der Waals surface area contributed by atoms with Crippen LogP contribution in [0.25, 0.3) is 0 Å². The topological polar surface area (TPSA) is 92.3 Å². The molecule has 0 aromatic carbocycles. The van der Waals surface area contributed by atoms with Gasteiger partial charge >= 0.3 is 5.97 Å². The standard InChI is InChI=1S/C14H16N2O4/c1-9-11(5-6-19-9)13(18)20-7-12(17)16-14(2,8-15)10-3-4-10/h5-6,10H,3-4,7H2,1-2H3,(H,16,17)/t14-/m1/s1. The van der Waals surface area contributed by atoms with Crippen LogP contribution in [0.1, 0.15) is 35.9 Å². The van der Waals surface area contributed by atoms with Crippen molar-refractivity contribution in [2.75, 3.05) is 6.61 Å². The number of amides is 1. The van der Waals surface area contributed by atoms with E-state index in [0.29, 0.717) is 11.3 Å². The fraction of sp³-hybridized carbons (Fsp3) is 0.500. The summed E-state index contributed by atoms with van der Waals surface area (Å²) in [4.78, 5) is 23.4. The number of aryl methyl sites for hydroxylation is 1. The Morgan fingerprint density at radius 1 is 1.60 bits per heavy atom. The second kappa shape index (κ2) is 5.37. The molecule has 1 aliphatic rings. The van der Waals surface area contributed by atoms with Crippen LogP contribution in [0, 0.1) is 24.2 Å². The number of esters is 1. The largest absolute Gasteiger partial charge is 0.469 e. The van der Waals surface area contributed by atoms with Gasteiger partial charge in [-0.05, 0) is 38.7 Å². The number of hydrogen-bond donors (Lipinski definition) is 1. The van der Waals surface area contributed by atoms with Gasteiger partial charge in [0.25, 0.3) is 5.91 Å². The molecule has 1 aromatic rings. The van der Waals surface area contributed by atoms with Gasteiger partial charge in [0.2, 0.25) is 0 Å². The number of ether oxygens (including phenoxy) is 1. The second-order valence-electron chi connectivity index (χ2n) is 5.10. The highest BCUT2D eigenvalue weighted by Crippen LogP contribution is 2.39. The smallest absolute Gasteiger partial charge is 0.342 e. The number of hydrogen-bond acceptors (Lipinski definition) is 5. The molecule has 1 amide bonds. The molecule has 1 N–H and O–H groups in total. The van der Waals surface area contributed by atoms with Crippen molar-refractivity contribution in [1.82, 2.24) is 5.32 Å². The summed E-state index contributed by atoms with van der Waals surface area (Å²) in [6.07, 6.45) is 3.24. The minimum absolute atomic E-state index is 0.184. The van der Waals surface area contributed by atoms with Crippen molar-refractivity contribution >= 4 is 11.9 Å². The van der Waals surface area contributed by atoms with E-state index in [9.17, 15) is 9.59 Å². The molecule has 1 heterocycles. The Balaban J connectivity index is 1.85. The summed E-state index contributed by atoms with van der Waals surface area (Å²) in [7, 11) is 0. The lowest BCUT2D eigenvalue weighted by Crippen LogP contribution is -2.48. The molecule has 6 nitrogen and oxygen atoms in total. The first-order chi connectivity index (χ1) is 9.46. The van der Waals surface area contributed by atoms with Crippen molar-refractivity contribution in [3.05, 3.63) is 23.7 Å². The lowest BCUT2D eigenvalue weighted by Gasteiger charge is -2.22. The average molecular weight is 276 g/mol. The van der Waals surface area contributed by atoms with Crippen molar-refractivity contribution in [1.29, 1.82) is 5.26 Å². The van der Waals surface area contributed by atoms with E-state index in [1.165, 1.54) is 12.3 Å². The van der Waals surface area contributed by atoms with Gasteiger partial charge in [-0.25, -0.2) is 4.79 Å². The average Bonchev–Trinajstić information content (AvgIpc) is 3.19. The second-order valence-corrected chi connectivity index (χ2v) is 5.10. The summed E-state index contributed by atoms with van der Waals surface area (Å²) in [6, 6.07) is 3.59. The van der Waals surface area contributed by atoms with E-state index in [1.54, 1.807) is 13.8 Å². The molecule has 1 aliphatic carbocycles. The van der Waals surface area contributed by atoms with Crippen LogP contribution in [0.15, 0.2) is 16.7 Å². The Morgan fingerprint density at radius 3 is 2.80 bits per heavy atom. The van der Waals surface area contributed by atoms with Gasteiger partial charge in [0, 0.05) is 0 Å². The predicted molar refractivity (Wildman–Crippen MR) is 68.6 cm³/mol. The molecule has 1 saturated carbocycles. The van der Waals surface area contributed by atoms with E-state index >= 15 is 0 Å². The van der Waals surface area contributed by atoms with Gasteiger partial charge < -0.3 is 14.5 Å². The van der Waals surface area contributed by atoms with Crippen LogP contribution >= 0.6 is 0 Å². The normalized spacial score (nSPS) is 16.9. The number of nitrogens with zero attached hydrogens (tertiary/aromatic N) is 1. The molecule has 0 aliphatic heterocycles. The fourth-order valence-corrected chi connectivity index (χ4v) is 2.01. The first kappa shape index (κ1) is 14.1. The Labute approximate surface area is 116 Å². The van der Waals surface area contributed by atoms with E-state index in [1.807, 2.05) is 0 Å². The third-order valence-electron chi connectivity index (χ3n) is 3.44. The number of furan rings is 1. The van der Waals surface area contributed by atoms with Gasteiger partial charge in [-0.3, -0.25) is 4.79 Å². The van der Waals surface area contributed by atoms with Crippen LogP contribution in [0.2, 0.25) is 0 Å². The lowest BCUT2D eigenvalue weighted by atomic mass is 9.98. The van der Waals surface area contributed by atoms with Crippen LogP contribution < -0.4 is 5.32 Å². The van der Waals surface area contributed by atoms with Gasteiger partial charge in [-0.2, -0.15) is 5.26 Å². The molecule has 0 bridgehead atoms. The summed E-state index contributed by atoms with van der Waals surface area (Å²) >= 11 is 0. The van der Waals surface area contributed by atoms with Crippen LogP contribution in [0.4, 0.5) is 0 Å². The molecule has 20 heavy (non-hydrogen) atoms. The maximum atomic E-state index is 11.7. The van der Waals surface area contributed by atoms with E-state index in [2.05, 4.69) is 11.4 Å². The molecule has 0 unspecified atom stereocenters. The van der Waals surface area contributed by atoms with E-state index in [0.717, 1.165) is 12.8 Å². The van der Waals surface area contributed by atoms with E-state index in [-0.39, 0.29) is 5.92 Å². The van der Waals surface area contributed by atoms with Crippen LogP contribution in [0.5, 0.6) is 0 Å². The van der Waals surface area contributed by atoms with Gasteiger partial charge in [0.1, 0.15) is 16.9 Å². The van der Waals surface area contributed by atoms with Crippen molar-refractivity contribution in [3.8, 4) is 6.07 Å². The number of nitrogens with one attached hydrogen (secondary N) is 1. The Kier molecular flexibility index (Phi) is 3.79. The van der Waals surface area contributed by atoms with Crippen molar-refractivity contribution in [3.63, 3.8) is 0 Å². The maximum Gasteiger partial charge on any atom is 0.342 e. The summed E-state index contributed by atoms with van der Waals surface area (Å²) in [6.45, 7) is 2.91. The Bertz CT molecular complexity index is 568. The Morgan fingerprint density at radius 2 is 2.30 bits per heavy atom. The summed E-state index contributed by atoms with van der Waals surface area (Å²) < 4.78 is 9.88. The zero-order valence-electron chi connectivity index (χ0n) is 11.4.